The zero-order valence-electron chi connectivity index (χ0n) is 18.0. The molecule has 0 saturated heterocycles. The predicted octanol–water partition coefficient (Wildman–Crippen LogP) is 6.93. The molecule has 0 atom stereocenters. The Balaban J connectivity index is 1.65. The summed E-state index contributed by atoms with van der Waals surface area (Å²) in [6, 6.07) is 15.2. The molecular formula is C24H19ClIN3O3S. The van der Waals surface area contributed by atoms with Gasteiger partial charge in [-0.2, -0.15) is 0 Å². The number of aromatic nitrogens is 3. The van der Waals surface area contributed by atoms with Crippen LogP contribution in [0, 0.1) is 24.3 Å². The third-order valence-corrected chi connectivity index (χ3v) is 7.34. The van der Waals surface area contributed by atoms with E-state index in [2.05, 4.69) is 62.5 Å². The van der Waals surface area contributed by atoms with Crippen molar-refractivity contribution in [3.63, 3.8) is 0 Å². The number of aryl methyl sites for hydroxylation is 2. The molecule has 0 saturated carbocycles. The standard InChI is InChI=1S/C24H19ClIN3O3S/c1-13-4-9-19(12-20(13)26)29-14(2)10-17(15(29)3)11-21(23(30)31)33-24-28-27-22(32-24)16-5-7-18(25)8-6-16/h4-12H,1-3H3,(H,30,31)/b21-11-. The smallest absolute Gasteiger partial charge is 0.342 e. The van der Waals surface area contributed by atoms with Crippen molar-refractivity contribution in [1.82, 2.24) is 14.8 Å². The maximum Gasteiger partial charge on any atom is 0.342 e. The first-order chi connectivity index (χ1) is 15.7. The van der Waals surface area contributed by atoms with Crippen LogP contribution in [0.4, 0.5) is 0 Å². The van der Waals surface area contributed by atoms with E-state index in [0.29, 0.717) is 16.5 Å². The number of carboxylic acid groups (broad SMARTS) is 1. The fraction of sp³-hybridized carbons (Fsp3) is 0.125. The Morgan fingerprint density at radius 2 is 1.85 bits per heavy atom. The molecule has 4 rings (SSSR count). The molecule has 0 unspecified atom stereocenters. The van der Waals surface area contributed by atoms with Gasteiger partial charge in [-0.1, -0.05) is 17.7 Å². The highest BCUT2D eigenvalue weighted by atomic mass is 127. The lowest BCUT2D eigenvalue weighted by molar-refractivity contribution is -0.131. The number of hydrogen-bond acceptors (Lipinski definition) is 5. The summed E-state index contributed by atoms with van der Waals surface area (Å²) in [4.78, 5) is 12.1. The van der Waals surface area contributed by atoms with E-state index < -0.39 is 5.97 Å². The highest BCUT2D eigenvalue weighted by Gasteiger charge is 2.18. The Bertz CT molecular complexity index is 1380. The van der Waals surface area contributed by atoms with Crippen molar-refractivity contribution in [2.75, 3.05) is 0 Å². The number of benzene rings is 2. The molecule has 0 aliphatic rings. The summed E-state index contributed by atoms with van der Waals surface area (Å²) < 4.78 is 8.95. The van der Waals surface area contributed by atoms with Crippen LogP contribution in [0.3, 0.4) is 0 Å². The van der Waals surface area contributed by atoms with Gasteiger partial charge in [-0.05, 0) is 115 Å². The molecule has 2 aromatic carbocycles. The monoisotopic (exact) mass is 591 g/mol. The van der Waals surface area contributed by atoms with Gasteiger partial charge in [0.15, 0.2) is 0 Å². The van der Waals surface area contributed by atoms with Crippen LogP contribution in [0.15, 0.2) is 63.1 Å². The minimum Gasteiger partial charge on any atom is -0.477 e. The van der Waals surface area contributed by atoms with Crippen molar-refractivity contribution in [3.8, 4) is 17.1 Å². The first-order valence-electron chi connectivity index (χ1n) is 9.90. The number of thioether (sulfide) groups is 1. The molecule has 0 radical (unpaired) electrons. The van der Waals surface area contributed by atoms with Gasteiger partial charge in [0.05, 0.1) is 0 Å². The molecule has 0 bridgehead atoms. The highest BCUT2D eigenvalue weighted by molar-refractivity contribution is 14.1. The molecule has 1 N–H and O–H groups in total. The van der Waals surface area contributed by atoms with Crippen molar-refractivity contribution in [3.05, 3.63) is 84.5 Å². The molecule has 0 spiro atoms. The number of halogens is 2. The van der Waals surface area contributed by atoms with Crippen LogP contribution < -0.4 is 0 Å². The normalized spacial score (nSPS) is 11.7. The summed E-state index contributed by atoms with van der Waals surface area (Å²) in [5, 5.41) is 18.6. The Morgan fingerprint density at radius 3 is 2.52 bits per heavy atom. The van der Waals surface area contributed by atoms with Gasteiger partial charge in [0, 0.05) is 31.2 Å². The number of nitrogens with zero attached hydrogens (tertiary/aromatic N) is 3. The van der Waals surface area contributed by atoms with Crippen LogP contribution in [0.1, 0.15) is 22.5 Å². The van der Waals surface area contributed by atoms with E-state index in [4.69, 9.17) is 16.0 Å². The van der Waals surface area contributed by atoms with Gasteiger partial charge >= 0.3 is 5.97 Å². The summed E-state index contributed by atoms with van der Waals surface area (Å²) >= 11 is 9.16. The third-order valence-electron chi connectivity index (χ3n) is 5.08. The van der Waals surface area contributed by atoms with E-state index in [1.165, 1.54) is 9.13 Å². The van der Waals surface area contributed by atoms with Gasteiger partial charge in [-0.15, -0.1) is 10.2 Å². The van der Waals surface area contributed by atoms with Crippen LogP contribution in [0.25, 0.3) is 23.2 Å². The average molecular weight is 592 g/mol. The average Bonchev–Trinajstić information content (AvgIpc) is 3.34. The molecule has 0 amide bonds. The minimum absolute atomic E-state index is 0.0834. The Labute approximate surface area is 213 Å². The first kappa shape index (κ1) is 23.6. The molecule has 6 nitrogen and oxygen atoms in total. The zero-order valence-corrected chi connectivity index (χ0v) is 21.7. The summed E-state index contributed by atoms with van der Waals surface area (Å²) in [5.74, 6) is -0.771. The van der Waals surface area contributed by atoms with Gasteiger partial charge in [-0.3, -0.25) is 0 Å². The highest BCUT2D eigenvalue weighted by Crippen LogP contribution is 2.32. The van der Waals surface area contributed by atoms with Crippen molar-refractivity contribution in [1.29, 1.82) is 0 Å². The third kappa shape index (κ3) is 5.18. The fourth-order valence-electron chi connectivity index (χ4n) is 3.38. The molecule has 0 aliphatic heterocycles. The van der Waals surface area contributed by atoms with Crippen LogP contribution in [-0.4, -0.2) is 25.8 Å². The molecule has 0 fully saturated rings. The van der Waals surface area contributed by atoms with Crippen LogP contribution in [-0.2, 0) is 4.79 Å². The molecular weight excluding hydrogens is 573 g/mol. The second-order valence-corrected chi connectivity index (χ2v) is 9.98. The second kappa shape index (κ2) is 9.74. The van der Waals surface area contributed by atoms with Crippen LogP contribution in [0.2, 0.25) is 5.02 Å². The molecule has 2 heterocycles. The fourth-order valence-corrected chi connectivity index (χ4v) is 4.67. The number of hydrogen-bond donors (Lipinski definition) is 1. The van der Waals surface area contributed by atoms with E-state index in [-0.39, 0.29) is 10.1 Å². The summed E-state index contributed by atoms with van der Waals surface area (Å²) in [7, 11) is 0. The lowest BCUT2D eigenvalue weighted by atomic mass is 10.2. The number of aliphatic carboxylic acids is 1. The summed E-state index contributed by atoms with van der Waals surface area (Å²) in [6.07, 6.45) is 1.64. The van der Waals surface area contributed by atoms with E-state index >= 15 is 0 Å². The van der Waals surface area contributed by atoms with Gasteiger partial charge in [-0.25, -0.2) is 4.79 Å². The predicted molar refractivity (Wildman–Crippen MR) is 139 cm³/mol. The van der Waals surface area contributed by atoms with Crippen molar-refractivity contribution in [2.45, 2.75) is 26.0 Å². The second-order valence-electron chi connectivity index (χ2n) is 7.39. The van der Waals surface area contributed by atoms with E-state index in [9.17, 15) is 9.90 Å². The lowest BCUT2D eigenvalue weighted by Crippen LogP contribution is -2.00. The molecule has 168 valence electrons. The first-order valence-corrected chi connectivity index (χ1v) is 12.2. The Kier molecular flexibility index (Phi) is 6.96. The van der Waals surface area contributed by atoms with Gasteiger partial charge in [0.25, 0.3) is 5.22 Å². The minimum atomic E-state index is -1.07. The maximum atomic E-state index is 12.0. The van der Waals surface area contributed by atoms with Crippen LogP contribution >= 0.6 is 46.0 Å². The number of carbonyl (C=O) groups is 1. The van der Waals surface area contributed by atoms with Crippen molar-refractivity contribution in [2.24, 2.45) is 0 Å². The van der Waals surface area contributed by atoms with E-state index in [1.807, 2.05) is 19.9 Å². The number of rotatable bonds is 6. The quantitative estimate of drug-likeness (QED) is 0.149. The molecule has 4 aromatic rings. The van der Waals surface area contributed by atoms with Crippen molar-refractivity contribution < 1.29 is 14.3 Å². The van der Waals surface area contributed by atoms with Gasteiger partial charge in [0.1, 0.15) is 4.91 Å². The topological polar surface area (TPSA) is 81.2 Å². The summed E-state index contributed by atoms with van der Waals surface area (Å²) in [5.41, 5.74) is 5.72. The Morgan fingerprint density at radius 1 is 1.12 bits per heavy atom. The van der Waals surface area contributed by atoms with E-state index in [1.54, 1.807) is 30.3 Å². The molecule has 0 aliphatic carbocycles. The van der Waals surface area contributed by atoms with Crippen LogP contribution in [0.5, 0.6) is 0 Å². The van der Waals surface area contributed by atoms with Gasteiger partial charge < -0.3 is 14.1 Å². The zero-order chi connectivity index (χ0) is 23.7. The SMILES string of the molecule is Cc1ccc(-n2c(C)cc(/C=C(\Sc3nnc(-c4ccc(Cl)cc4)o3)C(=O)O)c2C)cc1I. The molecule has 9 heteroatoms. The largest absolute Gasteiger partial charge is 0.477 e. The lowest BCUT2D eigenvalue weighted by Gasteiger charge is -2.11. The Hall–Kier alpha value is -2.56. The maximum absolute atomic E-state index is 12.0. The van der Waals surface area contributed by atoms with Crippen molar-refractivity contribution >= 4 is 58.0 Å². The van der Waals surface area contributed by atoms with Gasteiger partial charge in [0.2, 0.25) is 5.89 Å². The van der Waals surface area contributed by atoms with E-state index in [0.717, 1.165) is 34.4 Å². The molecule has 33 heavy (non-hydrogen) atoms. The summed E-state index contributed by atoms with van der Waals surface area (Å²) in [6.45, 7) is 6.05. The number of carboxylic acids is 1. The molecule has 2 aromatic heterocycles.